The molecule has 6 aromatic carbocycles. The summed E-state index contributed by atoms with van der Waals surface area (Å²) in [7, 11) is 1.91. The lowest BCUT2D eigenvalue weighted by molar-refractivity contribution is 0.768. The summed E-state index contributed by atoms with van der Waals surface area (Å²) in [6, 6.07) is 60.1. The topological polar surface area (TPSA) is 37.3 Å². The maximum Gasteiger partial charge on any atom is 0.0713 e. The molecule has 7 aromatic rings. The molecular formula is C47H39N3. The second-order valence-electron chi connectivity index (χ2n) is 12.3. The Morgan fingerprint density at radius 3 is 1.78 bits per heavy atom. The molecule has 0 saturated heterocycles. The van der Waals surface area contributed by atoms with Crippen LogP contribution in [0.4, 0.5) is 0 Å². The van der Waals surface area contributed by atoms with E-state index in [2.05, 4.69) is 174 Å². The molecule has 0 amide bonds. The zero-order chi connectivity index (χ0) is 34.2. The number of fused-ring (bicyclic) bond motifs is 3. The number of hydrogen-bond donors (Lipinski definition) is 1. The molecule has 0 bridgehead atoms. The SMILES string of the molecule is C(=NCc1cccnc1)c1ccc(-c2ccccc2)cc1.C=C(NC)c1ccc(C2(c3ccccc3)c3ccccc3-c3ccccc32)cc1. The Kier molecular flexibility index (Phi) is 9.57. The smallest absolute Gasteiger partial charge is 0.0713 e. The van der Waals surface area contributed by atoms with Crippen LogP contribution in [-0.2, 0) is 12.0 Å². The lowest BCUT2D eigenvalue weighted by Gasteiger charge is -2.34. The van der Waals surface area contributed by atoms with E-state index in [1.165, 1.54) is 44.5 Å². The van der Waals surface area contributed by atoms with Gasteiger partial charge in [0.2, 0.25) is 0 Å². The second-order valence-corrected chi connectivity index (χ2v) is 12.3. The zero-order valence-corrected chi connectivity index (χ0v) is 28.2. The Labute approximate surface area is 295 Å². The molecule has 3 heteroatoms. The van der Waals surface area contributed by atoms with Gasteiger partial charge in [-0.05, 0) is 67.3 Å². The van der Waals surface area contributed by atoms with E-state index >= 15 is 0 Å². The van der Waals surface area contributed by atoms with Crippen molar-refractivity contribution < 1.29 is 0 Å². The fraction of sp³-hybridized carbons (Fsp3) is 0.0638. The van der Waals surface area contributed by atoms with Gasteiger partial charge in [-0.2, -0.15) is 0 Å². The van der Waals surface area contributed by atoms with Gasteiger partial charge in [0.05, 0.1) is 12.0 Å². The summed E-state index contributed by atoms with van der Waals surface area (Å²) in [4.78, 5) is 8.53. The van der Waals surface area contributed by atoms with Crippen molar-refractivity contribution in [2.75, 3.05) is 7.05 Å². The predicted molar refractivity (Wildman–Crippen MR) is 209 cm³/mol. The molecule has 0 spiro atoms. The third-order valence-corrected chi connectivity index (χ3v) is 9.38. The maximum atomic E-state index is 4.45. The largest absolute Gasteiger partial charge is 0.388 e. The molecule has 242 valence electrons. The summed E-state index contributed by atoms with van der Waals surface area (Å²) in [6.45, 7) is 4.77. The molecule has 0 unspecified atom stereocenters. The number of nitrogens with zero attached hydrogens (tertiary/aromatic N) is 2. The Balaban J connectivity index is 0.000000166. The van der Waals surface area contributed by atoms with Gasteiger partial charge in [-0.15, -0.1) is 0 Å². The highest BCUT2D eigenvalue weighted by Gasteiger charge is 2.45. The molecule has 1 N–H and O–H groups in total. The zero-order valence-electron chi connectivity index (χ0n) is 28.2. The Hall–Kier alpha value is -6.32. The molecule has 0 atom stereocenters. The van der Waals surface area contributed by atoms with E-state index in [4.69, 9.17) is 0 Å². The third-order valence-electron chi connectivity index (χ3n) is 9.38. The minimum atomic E-state index is -0.325. The third kappa shape index (κ3) is 6.42. The summed E-state index contributed by atoms with van der Waals surface area (Å²) in [5.74, 6) is 0. The molecule has 1 aliphatic rings. The summed E-state index contributed by atoms with van der Waals surface area (Å²) in [5, 5.41) is 3.15. The van der Waals surface area contributed by atoms with E-state index in [0.29, 0.717) is 6.54 Å². The standard InChI is InChI=1S/C28H23N.C19H16N2/c1-20(29-2)21-16-18-23(19-17-21)28(22-10-4-3-5-11-22)26-14-8-6-12-24(26)25-13-7-9-15-27(25)28;1-2-6-18(7-3-1)19-10-8-16(9-11-19)13-21-15-17-5-4-12-20-14-17/h3-19,29H,1H2,2H3;1-14H,15H2. The van der Waals surface area contributed by atoms with E-state index in [1.807, 2.05) is 37.7 Å². The highest BCUT2D eigenvalue weighted by molar-refractivity contribution is 5.86. The lowest BCUT2D eigenvalue weighted by Crippen LogP contribution is -2.28. The molecule has 0 fully saturated rings. The van der Waals surface area contributed by atoms with E-state index in [0.717, 1.165) is 22.4 Å². The van der Waals surface area contributed by atoms with Crippen LogP contribution >= 0.6 is 0 Å². The molecule has 0 radical (unpaired) electrons. The fourth-order valence-corrected chi connectivity index (χ4v) is 6.92. The van der Waals surface area contributed by atoms with Crippen molar-refractivity contribution in [3.63, 3.8) is 0 Å². The van der Waals surface area contributed by atoms with Gasteiger partial charge in [0.1, 0.15) is 0 Å². The van der Waals surface area contributed by atoms with E-state index in [-0.39, 0.29) is 5.41 Å². The van der Waals surface area contributed by atoms with Crippen molar-refractivity contribution in [3.8, 4) is 22.3 Å². The molecule has 0 aliphatic heterocycles. The quantitative estimate of drug-likeness (QED) is 0.167. The van der Waals surface area contributed by atoms with Crippen LogP contribution in [0, 0.1) is 0 Å². The predicted octanol–water partition coefficient (Wildman–Crippen LogP) is 10.6. The number of rotatable bonds is 8. The minimum Gasteiger partial charge on any atom is -0.388 e. The van der Waals surface area contributed by atoms with Crippen LogP contribution in [0.25, 0.3) is 28.0 Å². The molecule has 1 heterocycles. The maximum absolute atomic E-state index is 4.45. The van der Waals surface area contributed by atoms with Crippen molar-refractivity contribution in [1.82, 2.24) is 10.3 Å². The van der Waals surface area contributed by atoms with Crippen LogP contribution < -0.4 is 5.32 Å². The van der Waals surface area contributed by atoms with E-state index in [9.17, 15) is 0 Å². The van der Waals surface area contributed by atoms with Crippen molar-refractivity contribution in [3.05, 3.63) is 228 Å². The van der Waals surface area contributed by atoms with E-state index < -0.39 is 0 Å². The van der Waals surface area contributed by atoms with Crippen molar-refractivity contribution >= 4 is 11.9 Å². The number of benzene rings is 6. The van der Waals surface area contributed by atoms with Crippen LogP contribution in [0.3, 0.4) is 0 Å². The summed E-state index contributed by atoms with van der Waals surface area (Å²) >= 11 is 0. The van der Waals surface area contributed by atoms with Gasteiger partial charge in [-0.3, -0.25) is 9.98 Å². The normalized spacial score (nSPS) is 12.3. The van der Waals surface area contributed by atoms with Crippen LogP contribution in [0.15, 0.2) is 194 Å². The van der Waals surface area contributed by atoms with Crippen LogP contribution in [0.1, 0.15) is 38.9 Å². The summed E-state index contributed by atoms with van der Waals surface area (Å²) in [5.41, 5.74) is 14.3. The van der Waals surface area contributed by atoms with Gasteiger partial charge in [-0.25, -0.2) is 0 Å². The molecule has 1 aromatic heterocycles. The summed E-state index contributed by atoms with van der Waals surface area (Å²) in [6.07, 6.45) is 5.52. The first kappa shape index (κ1) is 32.2. The average Bonchev–Trinajstić information content (AvgIpc) is 3.50. The second kappa shape index (κ2) is 14.8. The average molecular weight is 646 g/mol. The van der Waals surface area contributed by atoms with Crippen LogP contribution in [-0.4, -0.2) is 18.2 Å². The number of pyridine rings is 1. The molecular weight excluding hydrogens is 607 g/mol. The number of hydrogen-bond acceptors (Lipinski definition) is 3. The number of nitrogens with one attached hydrogen (secondary N) is 1. The van der Waals surface area contributed by atoms with Gasteiger partial charge in [0, 0.05) is 31.4 Å². The highest BCUT2D eigenvalue weighted by atomic mass is 14.8. The Morgan fingerprint density at radius 1 is 0.620 bits per heavy atom. The van der Waals surface area contributed by atoms with Crippen molar-refractivity contribution in [2.24, 2.45) is 4.99 Å². The molecule has 8 rings (SSSR count). The Bertz CT molecular complexity index is 2160. The molecule has 3 nitrogen and oxygen atoms in total. The van der Waals surface area contributed by atoms with Crippen LogP contribution in [0.5, 0.6) is 0 Å². The van der Waals surface area contributed by atoms with Crippen LogP contribution in [0.2, 0.25) is 0 Å². The van der Waals surface area contributed by atoms with Crippen molar-refractivity contribution in [1.29, 1.82) is 0 Å². The van der Waals surface area contributed by atoms with Crippen molar-refractivity contribution in [2.45, 2.75) is 12.0 Å². The van der Waals surface area contributed by atoms with Gasteiger partial charge in [-0.1, -0.05) is 170 Å². The first-order valence-corrected chi connectivity index (χ1v) is 16.9. The fourth-order valence-electron chi connectivity index (χ4n) is 6.92. The Morgan fingerprint density at radius 2 is 1.18 bits per heavy atom. The molecule has 0 saturated carbocycles. The van der Waals surface area contributed by atoms with Gasteiger partial charge in [0.25, 0.3) is 0 Å². The monoisotopic (exact) mass is 645 g/mol. The van der Waals surface area contributed by atoms with Gasteiger partial charge in [0.15, 0.2) is 0 Å². The first-order valence-electron chi connectivity index (χ1n) is 16.9. The minimum absolute atomic E-state index is 0.325. The van der Waals surface area contributed by atoms with Gasteiger partial charge >= 0.3 is 0 Å². The lowest BCUT2D eigenvalue weighted by atomic mass is 9.67. The molecule has 1 aliphatic carbocycles. The highest BCUT2D eigenvalue weighted by Crippen LogP contribution is 2.55. The molecule has 50 heavy (non-hydrogen) atoms. The number of aromatic nitrogens is 1. The number of aliphatic imine (C=N–C) groups is 1. The first-order chi connectivity index (χ1) is 24.7. The summed E-state index contributed by atoms with van der Waals surface area (Å²) < 4.78 is 0. The van der Waals surface area contributed by atoms with Gasteiger partial charge < -0.3 is 5.32 Å². The van der Waals surface area contributed by atoms with E-state index in [1.54, 1.807) is 6.20 Å².